The van der Waals surface area contributed by atoms with Gasteiger partial charge >= 0.3 is 0 Å². The lowest BCUT2D eigenvalue weighted by atomic mass is 10.1. The SMILES string of the molecule is N#Cc1ccc(F)cc1CNCC1CCCS1. The Morgan fingerprint density at radius 3 is 3.12 bits per heavy atom. The van der Waals surface area contributed by atoms with Crippen LogP contribution in [0.25, 0.3) is 0 Å². The Morgan fingerprint density at radius 2 is 2.41 bits per heavy atom. The van der Waals surface area contributed by atoms with E-state index in [1.165, 1.54) is 36.8 Å². The van der Waals surface area contributed by atoms with E-state index in [-0.39, 0.29) is 5.82 Å². The number of hydrogen-bond acceptors (Lipinski definition) is 3. The first-order valence-corrected chi connectivity index (χ1v) is 6.85. The van der Waals surface area contributed by atoms with Crippen molar-refractivity contribution in [2.75, 3.05) is 12.3 Å². The lowest BCUT2D eigenvalue weighted by Crippen LogP contribution is -2.23. The Labute approximate surface area is 105 Å². The Kier molecular flexibility index (Phi) is 4.41. The van der Waals surface area contributed by atoms with Gasteiger partial charge in [0.1, 0.15) is 5.82 Å². The van der Waals surface area contributed by atoms with Crippen molar-refractivity contribution >= 4 is 11.8 Å². The minimum absolute atomic E-state index is 0.281. The number of thioether (sulfide) groups is 1. The van der Waals surface area contributed by atoms with Crippen molar-refractivity contribution in [2.45, 2.75) is 24.6 Å². The first kappa shape index (κ1) is 12.4. The number of benzene rings is 1. The van der Waals surface area contributed by atoms with E-state index in [0.29, 0.717) is 17.4 Å². The normalized spacial score (nSPS) is 19.2. The lowest BCUT2D eigenvalue weighted by molar-refractivity contribution is 0.615. The Balaban J connectivity index is 1.89. The number of hydrogen-bond donors (Lipinski definition) is 1. The van der Waals surface area contributed by atoms with Gasteiger partial charge in [0.2, 0.25) is 0 Å². The summed E-state index contributed by atoms with van der Waals surface area (Å²) in [7, 11) is 0. The van der Waals surface area contributed by atoms with Crippen molar-refractivity contribution in [3.63, 3.8) is 0 Å². The molecule has 0 radical (unpaired) electrons. The number of nitrogens with one attached hydrogen (secondary N) is 1. The molecule has 1 aliphatic rings. The average Bonchev–Trinajstić information content (AvgIpc) is 2.82. The summed E-state index contributed by atoms with van der Waals surface area (Å²) < 4.78 is 13.1. The van der Waals surface area contributed by atoms with Gasteiger partial charge in [0.05, 0.1) is 11.6 Å². The highest BCUT2D eigenvalue weighted by molar-refractivity contribution is 8.00. The van der Waals surface area contributed by atoms with Crippen molar-refractivity contribution in [2.24, 2.45) is 0 Å². The molecule has 1 atom stereocenters. The molecule has 1 heterocycles. The molecule has 0 aromatic heterocycles. The zero-order valence-electron chi connectivity index (χ0n) is 9.58. The first-order valence-electron chi connectivity index (χ1n) is 5.80. The van der Waals surface area contributed by atoms with E-state index in [2.05, 4.69) is 11.4 Å². The van der Waals surface area contributed by atoms with Crippen molar-refractivity contribution in [1.29, 1.82) is 5.26 Å². The van der Waals surface area contributed by atoms with Gasteiger partial charge in [0.25, 0.3) is 0 Å². The Hall–Kier alpha value is -1.05. The van der Waals surface area contributed by atoms with E-state index < -0.39 is 0 Å². The highest BCUT2D eigenvalue weighted by Crippen LogP contribution is 2.25. The van der Waals surface area contributed by atoms with Crippen molar-refractivity contribution in [3.05, 3.63) is 35.1 Å². The topological polar surface area (TPSA) is 35.8 Å². The van der Waals surface area contributed by atoms with Crippen molar-refractivity contribution in [3.8, 4) is 6.07 Å². The molecule has 90 valence electrons. The smallest absolute Gasteiger partial charge is 0.123 e. The summed E-state index contributed by atoms with van der Waals surface area (Å²) in [4.78, 5) is 0. The molecule has 0 amide bonds. The summed E-state index contributed by atoms with van der Waals surface area (Å²) in [5, 5.41) is 12.9. The van der Waals surface area contributed by atoms with E-state index >= 15 is 0 Å². The van der Waals surface area contributed by atoms with Gasteiger partial charge in [-0.3, -0.25) is 0 Å². The minimum atomic E-state index is -0.281. The quantitative estimate of drug-likeness (QED) is 0.892. The standard InChI is InChI=1S/C13H15FN2S/c14-12-4-3-10(7-15)11(6-12)8-16-9-13-2-1-5-17-13/h3-4,6,13,16H,1-2,5,8-9H2. The molecular weight excluding hydrogens is 235 g/mol. The molecule has 1 saturated heterocycles. The lowest BCUT2D eigenvalue weighted by Gasteiger charge is -2.10. The number of rotatable bonds is 4. The first-order chi connectivity index (χ1) is 8.29. The highest BCUT2D eigenvalue weighted by atomic mass is 32.2. The zero-order valence-corrected chi connectivity index (χ0v) is 10.4. The minimum Gasteiger partial charge on any atom is -0.312 e. The van der Waals surface area contributed by atoms with Crippen LogP contribution in [0.4, 0.5) is 4.39 Å². The second-order valence-electron chi connectivity index (χ2n) is 4.18. The molecular formula is C13H15FN2S. The van der Waals surface area contributed by atoms with Gasteiger partial charge in [0.15, 0.2) is 0 Å². The third-order valence-corrected chi connectivity index (χ3v) is 4.30. The third-order valence-electron chi connectivity index (χ3n) is 2.90. The van der Waals surface area contributed by atoms with Crippen LogP contribution in [-0.4, -0.2) is 17.5 Å². The molecule has 0 spiro atoms. The molecule has 1 aromatic carbocycles. The monoisotopic (exact) mass is 250 g/mol. The number of nitrogens with zero attached hydrogens (tertiary/aromatic N) is 1. The van der Waals surface area contributed by atoms with Crippen LogP contribution in [0.2, 0.25) is 0 Å². The maximum absolute atomic E-state index is 13.1. The fourth-order valence-electron chi connectivity index (χ4n) is 1.99. The van der Waals surface area contributed by atoms with Crippen molar-refractivity contribution < 1.29 is 4.39 Å². The van der Waals surface area contributed by atoms with Crippen LogP contribution in [0.15, 0.2) is 18.2 Å². The molecule has 0 saturated carbocycles. The maximum atomic E-state index is 13.1. The number of halogens is 1. The molecule has 1 fully saturated rings. The summed E-state index contributed by atoms with van der Waals surface area (Å²) in [5.74, 6) is 0.964. The fourth-order valence-corrected chi connectivity index (χ4v) is 3.23. The van der Waals surface area contributed by atoms with Crippen LogP contribution in [0.3, 0.4) is 0 Å². The summed E-state index contributed by atoms with van der Waals surface area (Å²) in [6, 6.07) is 6.39. The Morgan fingerprint density at radius 1 is 1.53 bits per heavy atom. The van der Waals surface area contributed by atoms with Gasteiger partial charge in [-0.1, -0.05) is 0 Å². The van der Waals surface area contributed by atoms with E-state index in [1.54, 1.807) is 0 Å². The Bertz CT molecular complexity index is 422. The van der Waals surface area contributed by atoms with Gasteiger partial charge in [-0.15, -0.1) is 0 Å². The van der Waals surface area contributed by atoms with Crippen LogP contribution < -0.4 is 5.32 Å². The van der Waals surface area contributed by atoms with Gasteiger partial charge < -0.3 is 5.32 Å². The van der Waals surface area contributed by atoms with Gasteiger partial charge in [0, 0.05) is 18.3 Å². The van der Waals surface area contributed by atoms with E-state index in [0.717, 1.165) is 12.1 Å². The van der Waals surface area contributed by atoms with Crippen LogP contribution in [0.1, 0.15) is 24.0 Å². The molecule has 1 aromatic rings. The van der Waals surface area contributed by atoms with Crippen LogP contribution >= 0.6 is 11.8 Å². The molecule has 1 N–H and O–H groups in total. The summed E-state index contributed by atoms with van der Waals surface area (Å²) in [6.07, 6.45) is 2.55. The second-order valence-corrected chi connectivity index (χ2v) is 5.59. The van der Waals surface area contributed by atoms with Crippen LogP contribution in [0.5, 0.6) is 0 Å². The van der Waals surface area contributed by atoms with E-state index in [4.69, 9.17) is 5.26 Å². The van der Waals surface area contributed by atoms with E-state index in [1.807, 2.05) is 11.8 Å². The molecule has 2 nitrogen and oxygen atoms in total. The molecule has 1 aliphatic heterocycles. The summed E-state index contributed by atoms with van der Waals surface area (Å²) >= 11 is 1.99. The largest absolute Gasteiger partial charge is 0.312 e. The van der Waals surface area contributed by atoms with Gasteiger partial charge in [-0.2, -0.15) is 17.0 Å². The zero-order chi connectivity index (χ0) is 12.1. The van der Waals surface area contributed by atoms with Crippen LogP contribution in [0, 0.1) is 17.1 Å². The molecule has 0 aliphatic carbocycles. The highest BCUT2D eigenvalue weighted by Gasteiger charge is 2.14. The molecule has 1 unspecified atom stereocenters. The van der Waals surface area contributed by atoms with Gasteiger partial charge in [-0.25, -0.2) is 4.39 Å². The predicted octanol–water partition coefficient (Wildman–Crippen LogP) is 2.68. The van der Waals surface area contributed by atoms with E-state index in [9.17, 15) is 4.39 Å². The molecule has 17 heavy (non-hydrogen) atoms. The van der Waals surface area contributed by atoms with Crippen molar-refractivity contribution in [1.82, 2.24) is 5.32 Å². The maximum Gasteiger partial charge on any atom is 0.123 e. The number of nitriles is 1. The third kappa shape index (κ3) is 3.45. The molecule has 2 rings (SSSR count). The molecule has 0 bridgehead atoms. The summed E-state index contributed by atoms with van der Waals surface area (Å²) in [5.41, 5.74) is 1.30. The average molecular weight is 250 g/mol. The molecule has 4 heteroatoms. The fraction of sp³-hybridized carbons (Fsp3) is 0.462. The predicted molar refractivity (Wildman–Crippen MR) is 68.3 cm³/mol. The van der Waals surface area contributed by atoms with Crippen LogP contribution in [-0.2, 0) is 6.54 Å². The summed E-state index contributed by atoms with van der Waals surface area (Å²) in [6.45, 7) is 1.50. The van der Waals surface area contributed by atoms with Gasteiger partial charge in [-0.05, 0) is 42.4 Å². The second kappa shape index (κ2) is 6.04.